The molecule has 0 N–H and O–H groups in total. The van der Waals surface area contributed by atoms with Gasteiger partial charge in [-0.2, -0.15) is 0 Å². The molecule has 1 spiro atoms. The van der Waals surface area contributed by atoms with Gasteiger partial charge in [0, 0.05) is 39.0 Å². The molecule has 3 aliphatic rings. The van der Waals surface area contributed by atoms with Crippen LogP contribution in [-0.2, 0) is 14.3 Å². The molecule has 3 heterocycles. The van der Waals surface area contributed by atoms with Gasteiger partial charge in [-0.3, -0.25) is 9.69 Å². The van der Waals surface area contributed by atoms with Crippen molar-refractivity contribution in [1.82, 2.24) is 14.7 Å². The summed E-state index contributed by atoms with van der Waals surface area (Å²) in [6.45, 7) is 6.08. The highest BCUT2D eigenvalue weighted by Gasteiger charge is 2.47. The first-order valence-corrected chi connectivity index (χ1v) is 10.4. The van der Waals surface area contributed by atoms with E-state index >= 15 is 0 Å². The fourth-order valence-corrected chi connectivity index (χ4v) is 4.14. The summed E-state index contributed by atoms with van der Waals surface area (Å²) in [5.74, 6) is 0.959. The van der Waals surface area contributed by atoms with Gasteiger partial charge in [-0.15, -0.1) is 0 Å². The van der Waals surface area contributed by atoms with Gasteiger partial charge < -0.3 is 24.0 Å². The zero-order valence-electron chi connectivity index (χ0n) is 16.8. The van der Waals surface area contributed by atoms with Crippen molar-refractivity contribution in [1.29, 1.82) is 0 Å². The summed E-state index contributed by atoms with van der Waals surface area (Å²) < 4.78 is 16.8. The average Bonchev–Trinajstić information content (AvgIpc) is 3.06. The highest BCUT2D eigenvalue weighted by atomic mass is 16.6. The summed E-state index contributed by atoms with van der Waals surface area (Å²) in [6, 6.07) is 9.59. The molecule has 8 heteroatoms. The number of hydrogen-bond donors (Lipinski definition) is 0. The minimum atomic E-state index is -0.428. The van der Waals surface area contributed by atoms with E-state index in [0.717, 1.165) is 31.7 Å². The van der Waals surface area contributed by atoms with Gasteiger partial charge in [0.2, 0.25) is 5.91 Å². The number of piperidine rings is 1. The van der Waals surface area contributed by atoms with Crippen LogP contribution >= 0.6 is 0 Å². The molecule has 0 aromatic heterocycles. The largest absolute Gasteiger partial charge is 0.492 e. The molecule has 0 unspecified atom stereocenters. The van der Waals surface area contributed by atoms with Crippen LogP contribution in [0.2, 0.25) is 0 Å². The number of para-hydroxylation sites is 1. The van der Waals surface area contributed by atoms with Gasteiger partial charge in [0.25, 0.3) is 0 Å². The molecule has 2 amide bonds. The molecule has 3 fully saturated rings. The lowest BCUT2D eigenvalue weighted by Crippen LogP contribution is -2.51. The number of amides is 2. The molecular weight excluding hydrogens is 374 g/mol. The molecule has 0 atom stereocenters. The number of carbonyl (C=O) groups excluding carboxylic acids is 2. The van der Waals surface area contributed by atoms with Crippen LogP contribution in [0.15, 0.2) is 30.3 Å². The van der Waals surface area contributed by atoms with Gasteiger partial charge in [0.1, 0.15) is 18.0 Å². The number of ether oxygens (including phenoxy) is 3. The fourth-order valence-electron chi connectivity index (χ4n) is 4.14. The molecule has 3 aliphatic heterocycles. The van der Waals surface area contributed by atoms with Gasteiger partial charge in [-0.25, -0.2) is 4.79 Å². The topological polar surface area (TPSA) is 71.5 Å². The van der Waals surface area contributed by atoms with Gasteiger partial charge in [-0.1, -0.05) is 18.2 Å². The second-order valence-corrected chi connectivity index (χ2v) is 7.90. The first-order valence-electron chi connectivity index (χ1n) is 10.4. The van der Waals surface area contributed by atoms with E-state index in [9.17, 15) is 9.59 Å². The Labute approximate surface area is 171 Å². The Balaban J connectivity index is 1.21. The summed E-state index contributed by atoms with van der Waals surface area (Å²) >= 11 is 0. The maximum atomic E-state index is 12.4. The predicted molar refractivity (Wildman–Crippen MR) is 106 cm³/mol. The first kappa shape index (κ1) is 20.0. The maximum absolute atomic E-state index is 12.4. The third-order valence-electron chi connectivity index (χ3n) is 5.90. The first-order chi connectivity index (χ1) is 14.1. The van der Waals surface area contributed by atoms with Crippen LogP contribution in [0.3, 0.4) is 0 Å². The molecule has 0 radical (unpaired) electrons. The molecule has 1 aromatic carbocycles. The number of carbonyl (C=O) groups is 2. The van der Waals surface area contributed by atoms with Crippen LogP contribution in [0, 0.1) is 0 Å². The Kier molecular flexibility index (Phi) is 6.20. The van der Waals surface area contributed by atoms with Crippen molar-refractivity contribution in [3.63, 3.8) is 0 Å². The smallest absolute Gasteiger partial charge is 0.410 e. The number of nitrogens with zero attached hydrogens (tertiary/aromatic N) is 3. The van der Waals surface area contributed by atoms with Crippen LogP contribution in [-0.4, -0.2) is 97.9 Å². The molecule has 29 heavy (non-hydrogen) atoms. The number of benzene rings is 1. The Bertz CT molecular complexity index is 700. The minimum absolute atomic E-state index is 0.160. The zero-order chi connectivity index (χ0) is 20.1. The fraction of sp³-hybridized carbons (Fsp3) is 0.619. The Hall–Kier alpha value is -2.32. The van der Waals surface area contributed by atoms with Crippen LogP contribution in [0.4, 0.5) is 4.79 Å². The van der Waals surface area contributed by atoms with E-state index in [-0.39, 0.29) is 12.0 Å². The third kappa shape index (κ3) is 5.00. The predicted octanol–water partition coefficient (Wildman–Crippen LogP) is 1.21. The quantitative estimate of drug-likeness (QED) is 0.711. The van der Waals surface area contributed by atoms with Gasteiger partial charge in [0.05, 0.1) is 32.8 Å². The summed E-state index contributed by atoms with van der Waals surface area (Å²) in [6.07, 6.45) is 1.25. The number of morpholine rings is 1. The SMILES string of the molecule is O=C(CN1CCC2(CC1)CN(CCOc1ccccc1)C(=O)O2)N1CCOCC1. The van der Waals surface area contributed by atoms with Crippen LogP contribution in [0.5, 0.6) is 5.75 Å². The summed E-state index contributed by atoms with van der Waals surface area (Å²) in [4.78, 5) is 30.5. The number of likely N-dealkylation sites (tertiary alicyclic amines) is 1. The van der Waals surface area contributed by atoms with Crippen LogP contribution < -0.4 is 4.74 Å². The van der Waals surface area contributed by atoms with Crippen molar-refractivity contribution in [3.8, 4) is 5.75 Å². The van der Waals surface area contributed by atoms with E-state index in [1.165, 1.54) is 0 Å². The zero-order valence-corrected chi connectivity index (χ0v) is 16.8. The van der Waals surface area contributed by atoms with Crippen molar-refractivity contribution in [2.45, 2.75) is 18.4 Å². The number of rotatable bonds is 6. The molecule has 0 saturated carbocycles. The Morgan fingerprint density at radius 2 is 1.79 bits per heavy atom. The molecule has 0 bridgehead atoms. The van der Waals surface area contributed by atoms with Crippen molar-refractivity contribution in [2.75, 3.05) is 65.6 Å². The number of hydrogen-bond acceptors (Lipinski definition) is 6. The van der Waals surface area contributed by atoms with Gasteiger partial charge in [0.15, 0.2) is 0 Å². The average molecular weight is 403 g/mol. The van der Waals surface area contributed by atoms with Crippen LogP contribution in [0.25, 0.3) is 0 Å². The van der Waals surface area contributed by atoms with Gasteiger partial charge in [-0.05, 0) is 12.1 Å². The highest BCUT2D eigenvalue weighted by molar-refractivity contribution is 5.78. The highest BCUT2D eigenvalue weighted by Crippen LogP contribution is 2.33. The molecule has 0 aliphatic carbocycles. The lowest BCUT2D eigenvalue weighted by molar-refractivity contribution is -0.137. The molecule has 158 valence electrons. The summed E-state index contributed by atoms with van der Waals surface area (Å²) in [5.41, 5.74) is -0.428. The molecular formula is C21H29N3O5. The minimum Gasteiger partial charge on any atom is -0.492 e. The van der Waals surface area contributed by atoms with E-state index < -0.39 is 5.60 Å². The molecule has 1 aromatic rings. The standard InChI is InChI=1S/C21H29N3O5/c25-19(23-10-13-27-14-11-23)16-22-8-6-21(7-9-22)17-24(20(26)29-21)12-15-28-18-4-2-1-3-5-18/h1-5H,6-17H2. The maximum Gasteiger partial charge on any atom is 0.410 e. The lowest BCUT2D eigenvalue weighted by atomic mass is 9.91. The van der Waals surface area contributed by atoms with Crippen molar-refractivity contribution >= 4 is 12.0 Å². The van der Waals surface area contributed by atoms with Gasteiger partial charge >= 0.3 is 6.09 Å². The van der Waals surface area contributed by atoms with E-state index in [0.29, 0.717) is 52.5 Å². The second-order valence-electron chi connectivity index (χ2n) is 7.90. The summed E-state index contributed by atoms with van der Waals surface area (Å²) in [5, 5.41) is 0. The molecule has 3 saturated heterocycles. The van der Waals surface area contributed by atoms with E-state index in [2.05, 4.69) is 4.90 Å². The van der Waals surface area contributed by atoms with Crippen molar-refractivity contribution in [2.24, 2.45) is 0 Å². The van der Waals surface area contributed by atoms with E-state index in [4.69, 9.17) is 14.2 Å². The van der Waals surface area contributed by atoms with Crippen molar-refractivity contribution in [3.05, 3.63) is 30.3 Å². The second kappa shape index (κ2) is 9.00. The van der Waals surface area contributed by atoms with E-state index in [1.807, 2.05) is 35.2 Å². The van der Waals surface area contributed by atoms with Crippen molar-refractivity contribution < 1.29 is 23.8 Å². The lowest BCUT2D eigenvalue weighted by Gasteiger charge is -2.38. The van der Waals surface area contributed by atoms with E-state index in [1.54, 1.807) is 4.90 Å². The monoisotopic (exact) mass is 403 g/mol. The normalized spacial score (nSPS) is 22.0. The van der Waals surface area contributed by atoms with Crippen LogP contribution in [0.1, 0.15) is 12.8 Å². The molecule has 8 nitrogen and oxygen atoms in total. The summed E-state index contributed by atoms with van der Waals surface area (Å²) in [7, 11) is 0. The molecule has 4 rings (SSSR count). The Morgan fingerprint density at radius 1 is 1.07 bits per heavy atom. The Morgan fingerprint density at radius 3 is 2.52 bits per heavy atom. The third-order valence-corrected chi connectivity index (χ3v) is 5.90.